The van der Waals surface area contributed by atoms with Gasteiger partial charge in [-0.15, -0.1) is 11.3 Å². The number of hydrogen-bond acceptors (Lipinski definition) is 1. The molecule has 0 bridgehead atoms. The van der Waals surface area contributed by atoms with Crippen molar-refractivity contribution in [3.05, 3.63) is 109 Å². The summed E-state index contributed by atoms with van der Waals surface area (Å²) in [7, 11) is 0. The van der Waals surface area contributed by atoms with Gasteiger partial charge in [-0.1, -0.05) is 103 Å². The largest absolute Gasteiger partial charge is 0.135 e. The van der Waals surface area contributed by atoms with Crippen molar-refractivity contribution in [2.75, 3.05) is 0 Å². The molecule has 0 aliphatic rings. The van der Waals surface area contributed by atoms with E-state index < -0.39 is 0 Å². The van der Waals surface area contributed by atoms with Gasteiger partial charge in [0.15, 0.2) is 0 Å². The number of fused-ring (bicyclic) bond motifs is 5. The van der Waals surface area contributed by atoms with Gasteiger partial charge in [-0.05, 0) is 54.7 Å². The minimum atomic E-state index is 1.30. The third-order valence-corrected chi connectivity index (χ3v) is 8.41. The topological polar surface area (TPSA) is 0 Å². The molecule has 1 aromatic heterocycles. The van der Waals surface area contributed by atoms with Gasteiger partial charge >= 0.3 is 0 Å². The van der Waals surface area contributed by atoms with Crippen LogP contribution in [0.4, 0.5) is 0 Å². The molecule has 1 heteroatoms. The molecule has 0 saturated carbocycles. The van der Waals surface area contributed by atoms with E-state index in [-0.39, 0.29) is 0 Å². The van der Waals surface area contributed by atoms with Crippen LogP contribution >= 0.6 is 11.3 Å². The van der Waals surface area contributed by atoms with Crippen LogP contribution in [0.5, 0.6) is 0 Å². The van der Waals surface area contributed by atoms with Crippen LogP contribution in [-0.4, -0.2) is 0 Å². The second-order valence-corrected chi connectivity index (χ2v) is 9.97. The average Bonchev–Trinajstić information content (AvgIpc) is 3.27. The van der Waals surface area contributed by atoms with Crippen LogP contribution in [0.3, 0.4) is 0 Å². The molecule has 8 aromatic rings. The van der Waals surface area contributed by atoms with Crippen LogP contribution in [0.1, 0.15) is 0 Å². The first kappa shape index (κ1) is 17.6. The van der Waals surface area contributed by atoms with Crippen LogP contribution in [-0.2, 0) is 0 Å². The van der Waals surface area contributed by atoms with Gasteiger partial charge in [0.25, 0.3) is 0 Å². The molecular formula is C32H18S. The summed E-state index contributed by atoms with van der Waals surface area (Å²) in [5.74, 6) is 0. The van der Waals surface area contributed by atoms with E-state index in [1.807, 2.05) is 11.3 Å². The third kappa shape index (κ3) is 2.30. The Hall–Kier alpha value is -3.94. The SMILES string of the molecule is c1ccc2c(c1)ccc1sc3c(-c4ccc5ccc6cccc7ccc4c5c67)cccc3c12. The van der Waals surface area contributed by atoms with Gasteiger partial charge in [0.1, 0.15) is 0 Å². The fourth-order valence-electron chi connectivity index (χ4n) is 5.75. The van der Waals surface area contributed by atoms with Crippen molar-refractivity contribution in [3.63, 3.8) is 0 Å². The molecule has 0 atom stereocenters. The molecule has 0 fully saturated rings. The molecule has 0 N–H and O–H groups in total. The number of benzene rings is 7. The lowest BCUT2D eigenvalue weighted by Crippen LogP contribution is -1.87. The van der Waals surface area contributed by atoms with Crippen molar-refractivity contribution >= 4 is 74.6 Å². The number of rotatable bonds is 1. The normalized spacial score (nSPS) is 12.2. The summed E-state index contributed by atoms with van der Waals surface area (Å²) < 4.78 is 2.73. The standard InChI is InChI=1S/C32H18S/c1-2-8-23-19(5-1)15-18-28-31(23)27-10-4-9-26(32(27)33-28)24-16-13-22-12-11-20-6-3-7-21-14-17-25(24)30(22)29(20)21/h1-18H. The molecule has 0 amide bonds. The summed E-state index contributed by atoms with van der Waals surface area (Å²) in [5.41, 5.74) is 2.65. The Bertz CT molecular complexity index is 2010. The lowest BCUT2D eigenvalue weighted by Gasteiger charge is -2.14. The minimum Gasteiger partial charge on any atom is -0.135 e. The van der Waals surface area contributed by atoms with Gasteiger partial charge in [0, 0.05) is 25.7 Å². The molecule has 7 aromatic carbocycles. The van der Waals surface area contributed by atoms with Gasteiger partial charge in [-0.3, -0.25) is 0 Å². The molecule has 0 saturated heterocycles. The maximum Gasteiger partial charge on any atom is 0.0434 e. The van der Waals surface area contributed by atoms with Gasteiger partial charge in [0.2, 0.25) is 0 Å². The first-order valence-electron chi connectivity index (χ1n) is 11.4. The second kappa shape index (κ2) is 6.31. The van der Waals surface area contributed by atoms with Crippen LogP contribution in [0, 0.1) is 0 Å². The van der Waals surface area contributed by atoms with Crippen molar-refractivity contribution in [1.29, 1.82) is 0 Å². The monoisotopic (exact) mass is 434 g/mol. The summed E-state index contributed by atoms with van der Waals surface area (Å²) >= 11 is 1.92. The Kier molecular flexibility index (Phi) is 3.37. The molecule has 33 heavy (non-hydrogen) atoms. The molecule has 0 radical (unpaired) electrons. The Morgan fingerprint density at radius 3 is 1.94 bits per heavy atom. The first-order valence-corrected chi connectivity index (χ1v) is 12.2. The molecule has 0 aliphatic heterocycles. The van der Waals surface area contributed by atoms with Crippen LogP contribution in [0.25, 0.3) is 74.4 Å². The molecule has 0 nitrogen and oxygen atoms in total. The van der Waals surface area contributed by atoms with E-state index in [4.69, 9.17) is 0 Å². The predicted molar refractivity (Wildman–Crippen MR) is 146 cm³/mol. The maximum atomic E-state index is 2.32. The Labute approximate surface area is 194 Å². The van der Waals surface area contributed by atoms with Crippen molar-refractivity contribution in [1.82, 2.24) is 0 Å². The highest BCUT2D eigenvalue weighted by Crippen LogP contribution is 2.45. The van der Waals surface area contributed by atoms with Gasteiger partial charge in [-0.2, -0.15) is 0 Å². The third-order valence-electron chi connectivity index (χ3n) is 7.21. The predicted octanol–water partition coefficient (Wildman–Crippen LogP) is 9.77. The summed E-state index contributed by atoms with van der Waals surface area (Å²) in [6.07, 6.45) is 0. The van der Waals surface area contributed by atoms with E-state index in [2.05, 4.69) is 109 Å². The Morgan fingerprint density at radius 2 is 1.03 bits per heavy atom. The zero-order valence-electron chi connectivity index (χ0n) is 17.8. The smallest absolute Gasteiger partial charge is 0.0434 e. The second-order valence-electron chi connectivity index (χ2n) is 8.91. The molecule has 8 rings (SSSR count). The lowest BCUT2D eigenvalue weighted by molar-refractivity contribution is 1.74. The van der Waals surface area contributed by atoms with Gasteiger partial charge in [0.05, 0.1) is 0 Å². The van der Waals surface area contributed by atoms with E-state index in [1.165, 1.54) is 74.4 Å². The van der Waals surface area contributed by atoms with Crippen LogP contribution in [0.15, 0.2) is 109 Å². The quantitative estimate of drug-likeness (QED) is 0.226. The first-order chi connectivity index (χ1) is 16.4. The lowest BCUT2D eigenvalue weighted by atomic mass is 9.89. The minimum absolute atomic E-state index is 1.30. The summed E-state index contributed by atoms with van der Waals surface area (Å²) in [6.45, 7) is 0. The van der Waals surface area contributed by atoms with E-state index in [1.54, 1.807) is 0 Å². The Morgan fingerprint density at radius 1 is 0.364 bits per heavy atom. The average molecular weight is 435 g/mol. The van der Waals surface area contributed by atoms with E-state index >= 15 is 0 Å². The highest BCUT2D eigenvalue weighted by Gasteiger charge is 2.16. The fraction of sp³-hybridized carbons (Fsp3) is 0. The zero-order valence-corrected chi connectivity index (χ0v) is 18.6. The van der Waals surface area contributed by atoms with Crippen molar-refractivity contribution in [3.8, 4) is 11.1 Å². The molecule has 0 unspecified atom stereocenters. The highest BCUT2D eigenvalue weighted by molar-refractivity contribution is 7.26. The maximum absolute atomic E-state index is 2.32. The van der Waals surface area contributed by atoms with Crippen molar-refractivity contribution in [2.24, 2.45) is 0 Å². The van der Waals surface area contributed by atoms with Gasteiger partial charge in [-0.25, -0.2) is 0 Å². The molecular weight excluding hydrogens is 416 g/mol. The number of thiophene rings is 1. The van der Waals surface area contributed by atoms with E-state index in [9.17, 15) is 0 Å². The summed E-state index contributed by atoms with van der Waals surface area (Å²) in [4.78, 5) is 0. The van der Waals surface area contributed by atoms with Crippen LogP contribution in [0.2, 0.25) is 0 Å². The van der Waals surface area contributed by atoms with Crippen LogP contribution < -0.4 is 0 Å². The van der Waals surface area contributed by atoms with Crippen molar-refractivity contribution < 1.29 is 0 Å². The van der Waals surface area contributed by atoms with Gasteiger partial charge < -0.3 is 0 Å². The summed E-state index contributed by atoms with van der Waals surface area (Å²) in [5, 5.41) is 13.4. The molecule has 1 heterocycles. The van der Waals surface area contributed by atoms with Crippen molar-refractivity contribution in [2.45, 2.75) is 0 Å². The highest BCUT2D eigenvalue weighted by atomic mass is 32.1. The van der Waals surface area contributed by atoms with E-state index in [0.29, 0.717) is 0 Å². The fourth-order valence-corrected chi connectivity index (χ4v) is 7.00. The molecule has 0 aliphatic carbocycles. The molecule has 152 valence electrons. The number of hydrogen-bond donors (Lipinski definition) is 0. The molecule has 0 spiro atoms. The zero-order chi connectivity index (χ0) is 21.5. The van der Waals surface area contributed by atoms with E-state index in [0.717, 1.165) is 0 Å². The Balaban J connectivity index is 1.53. The summed E-state index contributed by atoms with van der Waals surface area (Å²) in [6, 6.07) is 40.4.